The van der Waals surface area contributed by atoms with Crippen molar-refractivity contribution in [3.8, 4) is 0 Å². The van der Waals surface area contributed by atoms with Crippen molar-refractivity contribution in [3.63, 3.8) is 0 Å². The van der Waals surface area contributed by atoms with E-state index in [0.717, 1.165) is 0 Å². The number of nitrogens with one attached hydrogen (secondary N) is 1. The van der Waals surface area contributed by atoms with E-state index in [1.807, 2.05) is 39.8 Å². The maximum atomic E-state index is 12.1. The minimum Gasteiger partial charge on any atom is -0.320 e. The third-order valence-corrected chi connectivity index (χ3v) is 2.68. The minimum atomic E-state index is -0.197. The highest BCUT2D eigenvalue weighted by Gasteiger charge is 2.24. The summed E-state index contributed by atoms with van der Waals surface area (Å²) in [7, 11) is 0. The fraction of sp³-hybridized carbons (Fsp3) is 0.462. The number of amides is 2. The van der Waals surface area contributed by atoms with Gasteiger partial charge in [-0.25, -0.2) is 4.79 Å². The van der Waals surface area contributed by atoms with Crippen LogP contribution < -0.4 is 5.32 Å². The molecule has 0 aliphatic heterocycles. The van der Waals surface area contributed by atoms with E-state index >= 15 is 0 Å². The second-order valence-electron chi connectivity index (χ2n) is 4.86. The Morgan fingerprint density at radius 3 is 2.53 bits per heavy atom. The van der Waals surface area contributed by atoms with Crippen molar-refractivity contribution < 1.29 is 4.79 Å². The van der Waals surface area contributed by atoms with Gasteiger partial charge >= 0.3 is 6.03 Å². The molecule has 0 aliphatic rings. The molecular formula is C13H19ClN2O. The molecule has 3 nitrogen and oxygen atoms in total. The number of rotatable bonds is 2. The molecule has 0 radical (unpaired) electrons. The van der Waals surface area contributed by atoms with Gasteiger partial charge in [-0.05, 0) is 45.9 Å². The van der Waals surface area contributed by atoms with Gasteiger partial charge in [-0.15, -0.1) is 0 Å². The Balaban J connectivity index is 2.78. The van der Waals surface area contributed by atoms with E-state index in [9.17, 15) is 4.79 Å². The molecule has 94 valence electrons. The molecule has 4 heteroatoms. The van der Waals surface area contributed by atoms with Gasteiger partial charge in [-0.3, -0.25) is 0 Å². The van der Waals surface area contributed by atoms with Gasteiger partial charge in [0.15, 0.2) is 0 Å². The number of urea groups is 1. The Hall–Kier alpha value is -1.22. The summed E-state index contributed by atoms with van der Waals surface area (Å²) < 4.78 is 0. The number of carbonyl (C=O) groups is 1. The van der Waals surface area contributed by atoms with Crippen LogP contribution in [0.3, 0.4) is 0 Å². The third-order valence-electron chi connectivity index (χ3n) is 2.45. The summed E-state index contributed by atoms with van der Waals surface area (Å²) in [6, 6.07) is 7.03. The van der Waals surface area contributed by atoms with E-state index in [0.29, 0.717) is 17.3 Å². The highest BCUT2D eigenvalue weighted by atomic mass is 35.5. The normalized spacial score (nSPS) is 11.1. The zero-order valence-corrected chi connectivity index (χ0v) is 11.5. The molecule has 2 amide bonds. The molecule has 0 saturated heterocycles. The first-order valence-corrected chi connectivity index (χ1v) is 6.06. The van der Waals surface area contributed by atoms with Crippen molar-refractivity contribution in [2.45, 2.75) is 33.2 Å². The quantitative estimate of drug-likeness (QED) is 0.850. The van der Waals surface area contributed by atoms with Gasteiger partial charge in [0.2, 0.25) is 0 Å². The Morgan fingerprint density at radius 2 is 2.06 bits per heavy atom. The standard InChI is InChI=1S/C13H19ClN2O/c1-5-16(13(2,3)4)12(17)15-11-8-6-7-10(14)9-11/h6-9H,5H2,1-4H3,(H,15,17). The van der Waals surface area contributed by atoms with E-state index in [2.05, 4.69) is 5.32 Å². The zero-order chi connectivity index (χ0) is 13.1. The lowest BCUT2D eigenvalue weighted by Gasteiger charge is -2.34. The number of benzene rings is 1. The van der Waals surface area contributed by atoms with Crippen LogP contribution in [0.25, 0.3) is 0 Å². The van der Waals surface area contributed by atoms with Crippen molar-refractivity contribution >= 4 is 23.3 Å². The lowest BCUT2D eigenvalue weighted by molar-refractivity contribution is 0.162. The molecule has 0 heterocycles. The second kappa shape index (κ2) is 5.41. The molecular weight excluding hydrogens is 236 g/mol. The summed E-state index contributed by atoms with van der Waals surface area (Å²) in [5.74, 6) is 0. The molecule has 0 fully saturated rings. The van der Waals surface area contributed by atoms with Gasteiger partial charge in [0.25, 0.3) is 0 Å². The predicted octanol–water partition coefficient (Wildman–Crippen LogP) is 3.99. The smallest absolute Gasteiger partial charge is 0.320 e. The fourth-order valence-electron chi connectivity index (χ4n) is 1.68. The Morgan fingerprint density at radius 1 is 1.41 bits per heavy atom. The summed E-state index contributed by atoms with van der Waals surface area (Å²) in [4.78, 5) is 13.8. The topological polar surface area (TPSA) is 32.3 Å². The largest absolute Gasteiger partial charge is 0.322 e. The van der Waals surface area contributed by atoms with Crippen molar-refractivity contribution in [2.24, 2.45) is 0 Å². The average molecular weight is 255 g/mol. The van der Waals surface area contributed by atoms with Gasteiger partial charge in [-0.2, -0.15) is 0 Å². The number of nitrogens with zero attached hydrogens (tertiary/aromatic N) is 1. The van der Waals surface area contributed by atoms with Crippen LogP contribution in [-0.2, 0) is 0 Å². The van der Waals surface area contributed by atoms with Crippen LogP contribution in [0, 0.1) is 0 Å². The number of hydrogen-bond acceptors (Lipinski definition) is 1. The van der Waals surface area contributed by atoms with Gasteiger partial charge in [0, 0.05) is 22.8 Å². The summed E-state index contributed by atoms with van der Waals surface area (Å²) >= 11 is 5.87. The van der Waals surface area contributed by atoms with Gasteiger partial charge < -0.3 is 10.2 Å². The first-order valence-electron chi connectivity index (χ1n) is 5.69. The molecule has 17 heavy (non-hydrogen) atoms. The Labute approximate surface area is 108 Å². The highest BCUT2D eigenvalue weighted by Crippen LogP contribution is 2.18. The number of anilines is 1. The highest BCUT2D eigenvalue weighted by molar-refractivity contribution is 6.30. The van der Waals surface area contributed by atoms with Crippen molar-refractivity contribution in [2.75, 3.05) is 11.9 Å². The molecule has 1 rings (SSSR count). The second-order valence-corrected chi connectivity index (χ2v) is 5.29. The average Bonchev–Trinajstić information content (AvgIpc) is 2.15. The van der Waals surface area contributed by atoms with Crippen molar-refractivity contribution in [3.05, 3.63) is 29.3 Å². The van der Waals surface area contributed by atoms with Crippen LogP contribution in [0.1, 0.15) is 27.7 Å². The number of halogens is 1. The SMILES string of the molecule is CCN(C(=O)Nc1cccc(Cl)c1)C(C)(C)C. The van der Waals surface area contributed by atoms with E-state index in [-0.39, 0.29) is 11.6 Å². The molecule has 1 aromatic rings. The van der Waals surface area contributed by atoms with E-state index in [4.69, 9.17) is 11.6 Å². The summed E-state index contributed by atoms with van der Waals surface area (Å²) in [5, 5.41) is 3.46. The van der Waals surface area contributed by atoms with Gasteiger partial charge in [-0.1, -0.05) is 17.7 Å². The summed E-state index contributed by atoms with van der Waals surface area (Å²) in [5.41, 5.74) is 0.516. The number of hydrogen-bond donors (Lipinski definition) is 1. The van der Waals surface area contributed by atoms with Crippen molar-refractivity contribution in [1.29, 1.82) is 0 Å². The monoisotopic (exact) mass is 254 g/mol. The Kier molecular flexibility index (Phi) is 4.40. The van der Waals surface area contributed by atoms with Crippen LogP contribution in [0.5, 0.6) is 0 Å². The maximum Gasteiger partial charge on any atom is 0.322 e. The molecule has 1 aromatic carbocycles. The first-order chi connectivity index (χ1) is 7.84. The predicted molar refractivity (Wildman–Crippen MR) is 72.6 cm³/mol. The first kappa shape index (κ1) is 13.8. The van der Waals surface area contributed by atoms with Crippen LogP contribution in [-0.4, -0.2) is 23.0 Å². The van der Waals surface area contributed by atoms with Crippen LogP contribution in [0.2, 0.25) is 5.02 Å². The minimum absolute atomic E-state index is 0.109. The molecule has 0 atom stereocenters. The van der Waals surface area contributed by atoms with E-state index in [1.165, 1.54) is 0 Å². The van der Waals surface area contributed by atoms with E-state index < -0.39 is 0 Å². The molecule has 0 aromatic heterocycles. The third kappa shape index (κ3) is 3.93. The van der Waals surface area contributed by atoms with Crippen LogP contribution in [0.15, 0.2) is 24.3 Å². The van der Waals surface area contributed by atoms with Gasteiger partial charge in [0.05, 0.1) is 0 Å². The van der Waals surface area contributed by atoms with Crippen LogP contribution in [0.4, 0.5) is 10.5 Å². The number of carbonyl (C=O) groups excluding carboxylic acids is 1. The summed E-state index contributed by atoms with van der Waals surface area (Å²) in [6.45, 7) is 8.65. The Bertz CT molecular complexity index is 399. The van der Waals surface area contributed by atoms with Gasteiger partial charge in [0.1, 0.15) is 0 Å². The lowest BCUT2D eigenvalue weighted by atomic mass is 10.1. The lowest BCUT2D eigenvalue weighted by Crippen LogP contribution is -2.47. The van der Waals surface area contributed by atoms with E-state index in [1.54, 1.807) is 17.0 Å². The molecule has 1 N–H and O–H groups in total. The molecule has 0 aliphatic carbocycles. The van der Waals surface area contributed by atoms with Crippen molar-refractivity contribution in [1.82, 2.24) is 4.90 Å². The summed E-state index contributed by atoms with van der Waals surface area (Å²) in [6.07, 6.45) is 0. The molecule has 0 bridgehead atoms. The zero-order valence-electron chi connectivity index (χ0n) is 10.7. The molecule has 0 saturated carbocycles. The fourth-order valence-corrected chi connectivity index (χ4v) is 1.87. The van der Waals surface area contributed by atoms with Crippen LogP contribution >= 0.6 is 11.6 Å². The molecule has 0 unspecified atom stereocenters. The molecule has 0 spiro atoms. The maximum absolute atomic E-state index is 12.1.